The maximum absolute atomic E-state index is 13.5. The first-order valence-corrected chi connectivity index (χ1v) is 13.2. The van der Waals surface area contributed by atoms with Crippen molar-refractivity contribution in [2.24, 2.45) is 0 Å². The zero-order chi connectivity index (χ0) is 26.3. The molecule has 0 bridgehead atoms. The molecule has 0 saturated heterocycles. The van der Waals surface area contributed by atoms with Crippen molar-refractivity contribution in [1.82, 2.24) is 5.32 Å². The van der Waals surface area contributed by atoms with Gasteiger partial charge < -0.3 is 15.5 Å². The first kappa shape index (κ1) is 24.3. The molecule has 1 heterocycles. The maximum Gasteiger partial charge on any atom is 0.255 e. The third kappa shape index (κ3) is 4.86. The average molecular weight is 519 g/mol. The molecule has 0 spiro atoms. The fourth-order valence-electron chi connectivity index (χ4n) is 4.35. The predicted octanol–water partition coefficient (Wildman–Crippen LogP) is 4.87. The molecule has 4 aromatic rings. The summed E-state index contributed by atoms with van der Waals surface area (Å²) < 4.78 is 48.5. The van der Waals surface area contributed by atoms with Crippen LogP contribution in [0.15, 0.2) is 59.0 Å². The summed E-state index contributed by atoms with van der Waals surface area (Å²) in [7, 11) is -2.36. The summed E-state index contributed by atoms with van der Waals surface area (Å²) in [6.07, 6.45) is 1.78. The first-order chi connectivity index (χ1) is 17.7. The van der Waals surface area contributed by atoms with E-state index in [4.69, 9.17) is 10.2 Å². The largest absolute Gasteiger partial charge is 0.455 e. The van der Waals surface area contributed by atoms with Gasteiger partial charge in [-0.2, -0.15) is 5.26 Å². The number of hydrogen-bond acceptors (Lipinski definition) is 6. The van der Waals surface area contributed by atoms with Gasteiger partial charge in [0.2, 0.25) is 10.0 Å². The van der Waals surface area contributed by atoms with Crippen LogP contribution in [-0.4, -0.2) is 21.4 Å². The molecule has 1 amide bonds. The fraction of sp³-hybridized carbons (Fsp3) is 0.185. The van der Waals surface area contributed by atoms with Gasteiger partial charge in [-0.1, -0.05) is 6.07 Å². The normalized spacial score (nSPS) is 13.3. The van der Waals surface area contributed by atoms with Crippen LogP contribution in [0.1, 0.15) is 45.8 Å². The van der Waals surface area contributed by atoms with E-state index in [9.17, 15) is 22.9 Å². The minimum atomic E-state index is -3.87. The summed E-state index contributed by atoms with van der Waals surface area (Å²) in [5.74, 6) is -0.735. The number of carbonyl (C=O) groups is 1. The third-order valence-electron chi connectivity index (χ3n) is 6.30. The smallest absolute Gasteiger partial charge is 0.255 e. The minimum Gasteiger partial charge on any atom is -0.455 e. The molecule has 1 aliphatic rings. The molecule has 0 aliphatic heterocycles. The van der Waals surface area contributed by atoms with Gasteiger partial charge in [0, 0.05) is 29.8 Å². The second kappa shape index (κ2) is 9.26. The van der Waals surface area contributed by atoms with Gasteiger partial charge in [0.15, 0.2) is 0 Å². The number of halogens is 1. The van der Waals surface area contributed by atoms with E-state index in [1.54, 1.807) is 18.2 Å². The number of carbonyl (C=O) groups excluding carboxylic acids is 1. The highest BCUT2D eigenvalue weighted by molar-refractivity contribution is 7.91. The van der Waals surface area contributed by atoms with Crippen LogP contribution in [0.5, 0.6) is 0 Å². The standard InChI is InChI=1S/C27H23FN4O4S/c1-31-27(33)25-21-11-20(16-3-4-16)23(12-24(21)36-26(25)17-5-7-19(28)8-6-17)32-37(34,35)14-15-2-9-22(30)18(10-15)13-29/h2,5-12,16,32H,3-4,14,30H2,1H3,(H,31,33). The predicted molar refractivity (Wildman–Crippen MR) is 139 cm³/mol. The molecule has 0 radical (unpaired) electrons. The maximum atomic E-state index is 13.5. The van der Waals surface area contributed by atoms with E-state index in [-0.39, 0.29) is 34.6 Å². The lowest BCUT2D eigenvalue weighted by molar-refractivity contribution is 0.0964. The summed E-state index contributed by atoms with van der Waals surface area (Å²) in [5.41, 5.74) is 8.93. The number of nitrogens with two attached hydrogens (primary N) is 1. The number of benzene rings is 3. The van der Waals surface area contributed by atoms with Crippen LogP contribution < -0.4 is 15.8 Å². The lowest BCUT2D eigenvalue weighted by Gasteiger charge is -2.13. The van der Waals surface area contributed by atoms with Crippen molar-refractivity contribution in [3.63, 3.8) is 0 Å². The Morgan fingerprint density at radius 2 is 1.89 bits per heavy atom. The number of furan rings is 1. The van der Waals surface area contributed by atoms with Gasteiger partial charge in [0.05, 0.1) is 22.6 Å². The third-order valence-corrected chi connectivity index (χ3v) is 7.54. The van der Waals surface area contributed by atoms with Gasteiger partial charge in [-0.15, -0.1) is 0 Å². The highest BCUT2D eigenvalue weighted by Gasteiger charge is 2.31. The zero-order valence-corrected chi connectivity index (χ0v) is 20.7. The molecule has 1 saturated carbocycles. The van der Waals surface area contributed by atoms with Crippen molar-refractivity contribution in [3.05, 3.63) is 82.7 Å². The highest BCUT2D eigenvalue weighted by Crippen LogP contribution is 2.47. The minimum absolute atomic E-state index is 0.144. The van der Waals surface area contributed by atoms with Gasteiger partial charge in [-0.05, 0) is 72.4 Å². The molecule has 0 unspecified atom stereocenters. The monoisotopic (exact) mass is 518 g/mol. The van der Waals surface area contributed by atoms with Gasteiger partial charge in [-0.25, -0.2) is 12.8 Å². The van der Waals surface area contributed by atoms with E-state index < -0.39 is 15.8 Å². The van der Waals surface area contributed by atoms with Gasteiger partial charge >= 0.3 is 0 Å². The molecule has 1 aromatic heterocycles. The average Bonchev–Trinajstić information content (AvgIpc) is 3.65. The second-order valence-electron chi connectivity index (χ2n) is 9.00. The van der Waals surface area contributed by atoms with Crippen LogP contribution in [0.2, 0.25) is 0 Å². The Bertz CT molecular complexity index is 1680. The number of rotatable bonds is 7. The number of anilines is 2. The number of nitriles is 1. The molecule has 3 aromatic carbocycles. The lowest BCUT2D eigenvalue weighted by Crippen LogP contribution is -2.18. The van der Waals surface area contributed by atoms with Crippen LogP contribution in [0.25, 0.3) is 22.3 Å². The second-order valence-corrected chi connectivity index (χ2v) is 10.7. The van der Waals surface area contributed by atoms with Crippen LogP contribution >= 0.6 is 0 Å². The first-order valence-electron chi connectivity index (χ1n) is 11.6. The van der Waals surface area contributed by atoms with E-state index >= 15 is 0 Å². The summed E-state index contributed by atoms with van der Waals surface area (Å²) in [4.78, 5) is 12.9. The van der Waals surface area contributed by atoms with E-state index in [1.165, 1.54) is 43.4 Å². The van der Waals surface area contributed by atoms with E-state index in [0.717, 1.165) is 18.4 Å². The molecule has 8 nitrogen and oxygen atoms in total. The number of nitrogens with one attached hydrogen (secondary N) is 2. The van der Waals surface area contributed by atoms with Crippen molar-refractivity contribution in [2.75, 3.05) is 17.5 Å². The van der Waals surface area contributed by atoms with Gasteiger partial charge in [0.25, 0.3) is 5.91 Å². The summed E-state index contributed by atoms with van der Waals surface area (Å²) in [6.45, 7) is 0. The number of nitrogens with zero attached hydrogens (tertiary/aromatic N) is 1. The number of hydrogen-bond donors (Lipinski definition) is 3. The van der Waals surface area contributed by atoms with Crippen molar-refractivity contribution in [3.8, 4) is 17.4 Å². The molecule has 1 aliphatic carbocycles. The van der Waals surface area contributed by atoms with Gasteiger partial charge in [0.1, 0.15) is 23.2 Å². The number of nitrogen functional groups attached to an aromatic ring is 1. The molecular weight excluding hydrogens is 495 g/mol. The Morgan fingerprint density at radius 3 is 2.54 bits per heavy atom. The van der Waals surface area contributed by atoms with Crippen LogP contribution in [0.3, 0.4) is 0 Å². The Labute approximate surface area is 212 Å². The zero-order valence-electron chi connectivity index (χ0n) is 19.8. The number of fused-ring (bicyclic) bond motifs is 1. The molecule has 37 heavy (non-hydrogen) atoms. The van der Waals surface area contributed by atoms with E-state index in [0.29, 0.717) is 33.3 Å². The molecule has 4 N–H and O–H groups in total. The molecule has 1 fully saturated rings. The van der Waals surface area contributed by atoms with Crippen molar-refractivity contribution in [1.29, 1.82) is 5.26 Å². The Balaban J connectivity index is 1.58. The molecule has 10 heteroatoms. The van der Waals surface area contributed by atoms with Crippen LogP contribution in [0.4, 0.5) is 15.8 Å². The quantitative estimate of drug-likeness (QED) is 0.298. The van der Waals surface area contributed by atoms with Crippen molar-refractivity contribution < 1.29 is 22.0 Å². The Kier molecular flexibility index (Phi) is 6.09. The highest BCUT2D eigenvalue weighted by atomic mass is 32.2. The number of amides is 1. The Morgan fingerprint density at radius 1 is 1.16 bits per heavy atom. The van der Waals surface area contributed by atoms with Crippen molar-refractivity contribution in [2.45, 2.75) is 24.5 Å². The van der Waals surface area contributed by atoms with E-state index in [1.807, 2.05) is 6.07 Å². The lowest BCUT2D eigenvalue weighted by atomic mass is 10.0. The van der Waals surface area contributed by atoms with E-state index in [2.05, 4.69) is 10.0 Å². The van der Waals surface area contributed by atoms with Gasteiger partial charge in [-0.3, -0.25) is 9.52 Å². The molecule has 5 rings (SSSR count). The summed E-state index contributed by atoms with van der Waals surface area (Å²) >= 11 is 0. The molecular formula is C27H23FN4O4S. The Hall–Kier alpha value is -4.36. The topological polar surface area (TPSA) is 138 Å². The molecule has 0 atom stereocenters. The van der Waals surface area contributed by atoms with Crippen molar-refractivity contribution >= 4 is 38.3 Å². The SMILES string of the molecule is CNC(=O)c1c(-c2ccc(F)cc2)oc2cc(NS(=O)(=O)Cc3ccc(N)c(C#N)c3)c(C3CC3)cc12. The number of sulfonamides is 1. The van der Waals surface area contributed by atoms with Crippen LogP contribution in [0, 0.1) is 17.1 Å². The molecule has 188 valence electrons. The van der Waals surface area contributed by atoms with Crippen LogP contribution in [-0.2, 0) is 15.8 Å². The summed E-state index contributed by atoms with van der Waals surface area (Å²) in [6, 6.07) is 15.5. The fourth-order valence-corrected chi connectivity index (χ4v) is 5.55. The summed E-state index contributed by atoms with van der Waals surface area (Å²) in [5, 5.41) is 12.4.